The Bertz CT molecular complexity index is 714. The summed E-state index contributed by atoms with van der Waals surface area (Å²) in [6.45, 7) is 1.53. The molecule has 0 radical (unpaired) electrons. The highest BCUT2D eigenvalue weighted by atomic mass is 16.4. The maximum Gasteiger partial charge on any atom is 0.307 e. The molecule has 23 heavy (non-hydrogen) atoms. The summed E-state index contributed by atoms with van der Waals surface area (Å²) in [5.74, 6) is -1.60. The van der Waals surface area contributed by atoms with Crippen LogP contribution < -0.4 is 0 Å². The Labute approximate surface area is 135 Å². The van der Waals surface area contributed by atoms with Crippen LogP contribution in [0.2, 0.25) is 0 Å². The van der Waals surface area contributed by atoms with Crippen LogP contribution in [0.3, 0.4) is 0 Å². The Morgan fingerprint density at radius 3 is 2.48 bits per heavy atom. The Morgan fingerprint density at radius 1 is 1.04 bits per heavy atom. The molecular weight excluding hydrogens is 290 g/mol. The second-order valence-electron chi connectivity index (χ2n) is 6.17. The van der Waals surface area contributed by atoms with E-state index in [1.165, 1.54) is 0 Å². The largest absolute Gasteiger partial charge is 0.481 e. The number of carboxylic acids is 1. The van der Waals surface area contributed by atoms with Gasteiger partial charge in [0.25, 0.3) is 0 Å². The molecule has 2 aromatic rings. The molecular formula is C19H21NO3. The molecule has 120 valence electrons. The molecule has 3 rings (SSSR count). The Hall–Kier alpha value is -2.36. The van der Waals surface area contributed by atoms with Crippen LogP contribution in [0.15, 0.2) is 42.5 Å². The number of nitrogens with zero attached hydrogens (tertiary/aromatic N) is 1. The lowest BCUT2D eigenvalue weighted by molar-refractivity contribution is -0.145. The number of hydrogen-bond acceptors (Lipinski definition) is 2. The third-order valence-electron chi connectivity index (χ3n) is 4.58. The zero-order valence-electron chi connectivity index (χ0n) is 13.1. The molecule has 1 atom stereocenters. The first kappa shape index (κ1) is 15.5. The predicted octanol–water partition coefficient (Wildman–Crippen LogP) is 3.10. The van der Waals surface area contributed by atoms with E-state index in [2.05, 4.69) is 0 Å². The molecule has 0 saturated carbocycles. The van der Waals surface area contributed by atoms with Crippen molar-refractivity contribution in [1.82, 2.24) is 4.90 Å². The molecule has 0 unspecified atom stereocenters. The molecule has 1 fully saturated rings. The monoisotopic (exact) mass is 311 g/mol. The molecule has 1 N–H and O–H groups in total. The van der Waals surface area contributed by atoms with Gasteiger partial charge >= 0.3 is 5.97 Å². The minimum atomic E-state index is -0.898. The van der Waals surface area contributed by atoms with Crippen LogP contribution in [-0.4, -0.2) is 35.0 Å². The van der Waals surface area contributed by atoms with Crippen molar-refractivity contribution in [1.29, 1.82) is 0 Å². The van der Waals surface area contributed by atoms with Gasteiger partial charge in [-0.2, -0.15) is 0 Å². The van der Waals surface area contributed by atoms with Crippen LogP contribution in [0.4, 0.5) is 0 Å². The minimum Gasteiger partial charge on any atom is -0.481 e. The van der Waals surface area contributed by atoms with Crippen LogP contribution in [0, 0.1) is 5.92 Å². The molecule has 0 spiro atoms. The molecule has 4 nitrogen and oxygen atoms in total. The fourth-order valence-corrected chi connectivity index (χ4v) is 3.29. The molecule has 2 aromatic carbocycles. The number of aliphatic carboxylic acids is 1. The summed E-state index contributed by atoms with van der Waals surface area (Å²) in [6, 6.07) is 13.9. The Morgan fingerprint density at radius 2 is 1.74 bits per heavy atom. The summed E-state index contributed by atoms with van der Waals surface area (Å²) in [6.07, 6.45) is 2.51. The molecule has 4 heteroatoms. The highest BCUT2D eigenvalue weighted by Gasteiger charge is 2.26. The first-order valence-electron chi connectivity index (χ1n) is 8.12. The van der Waals surface area contributed by atoms with Gasteiger partial charge in [-0.1, -0.05) is 42.5 Å². The second kappa shape index (κ2) is 6.82. The van der Waals surface area contributed by atoms with E-state index in [4.69, 9.17) is 0 Å². The quantitative estimate of drug-likeness (QED) is 0.923. The van der Waals surface area contributed by atoms with E-state index in [-0.39, 0.29) is 12.3 Å². The summed E-state index contributed by atoms with van der Waals surface area (Å²) in [7, 11) is 0. The van der Waals surface area contributed by atoms with Gasteiger partial charge in [-0.15, -0.1) is 0 Å². The lowest BCUT2D eigenvalue weighted by Crippen LogP contribution is -2.32. The van der Waals surface area contributed by atoms with Gasteiger partial charge in [-0.25, -0.2) is 0 Å². The van der Waals surface area contributed by atoms with Crippen molar-refractivity contribution in [2.45, 2.75) is 25.7 Å². The fourth-order valence-electron chi connectivity index (χ4n) is 3.29. The van der Waals surface area contributed by atoms with Crippen LogP contribution >= 0.6 is 0 Å². The molecule has 1 amide bonds. The van der Waals surface area contributed by atoms with Gasteiger partial charge in [-0.3, -0.25) is 9.59 Å². The lowest BCUT2D eigenvalue weighted by atomic mass is 9.92. The predicted molar refractivity (Wildman–Crippen MR) is 89.2 cm³/mol. The molecule has 1 saturated heterocycles. The van der Waals surface area contributed by atoms with Gasteiger partial charge in [0, 0.05) is 19.5 Å². The van der Waals surface area contributed by atoms with E-state index in [1.807, 2.05) is 42.5 Å². The zero-order chi connectivity index (χ0) is 16.2. The molecule has 0 bridgehead atoms. The Balaban J connectivity index is 1.78. The number of carbonyl (C=O) groups is 2. The van der Waals surface area contributed by atoms with Gasteiger partial charge in [-0.05, 0) is 35.6 Å². The third kappa shape index (κ3) is 3.52. The number of hydrogen-bond donors (Lipinski definition) is 1. The minimum absolute atomic E-state index is 0.0323. The van der Waals surface area contributed by atoms with E-state index >= 15 is 0 Å². The van der Waals surface area contributed by atoms with Gasteiger partial charge in [0.15, 0.2) is 0 Å². The lowest BCUT2D eigenvalue weighted by Gasteiger charge is -2.19. The van der Waals surface area contributed by atoms with Crippen LogP contribution in [0.5, 0.6) is 0 Å². The second-order valence-corrected chi connectivity index (χ2v) is 6.17. The number of amides is 1. The van der Waals surface area contributed by atoms with E-state index in [1.54, 1.807) is 4.90 Å². The summed E-state index contributed by atoms with van der Waals surface area (Å²) < 4.78 is 0. The van der Waals surface area contributed by atoms with Crippen molar-refractivity contribution in [3.63, 3.8) is 0 Å². The molecule has 1 aliphatic rings. The fraction of sp³-hybridized carbons (Fsp3) is 0.368. The third-order valence-corrected chi connectivity index (χ3v) is 4.58. The first-order valence-corrected chi connectivity index (χ1v) is 8.12. The summed E-state index contributed by atoms with van der Waals surface area (Å²) in [5.41, 5.74) is 0.990. The van der Waals surface area contributed by atoms with Gasteiger partial charge < -0.3 is 10.0 Å². The number of fused-ring (bicyclic) bond motifs is 1. The first-order chi connectivity index (χ1) is 11.1. The molecule has 0 aromatic heterocycles. The van der Waals surface area contributed by atoms with Gasteiger partial charge in [0.1, 0.15) is 0 Å². The van der Waals surface area contributed by atoms with Crippen LogP contribution in [0.1, 0.15) is 24.8 Å². The normalized spacial score (nSPS) is 15.7. The summed E-state index contributed by atoms with van der Waals surface area (Å²) in [4.78, 5) is 25.7. The Kier molecular flexibility index (Phi) is 4.60. The molecule has 1 aliphatic heterocycles. The van der Waals surface area contributed by atoms with Gasteiger partial charge in [0.05, 0.1) is 5.92 Å². The average Bonchev–Trinajstić information content (AvgIpc) is 3.09. The van der Waals surface area contributed by atoms with E-state index in [9.17, 15) is 14.7 Å². The number of carboxylic acid groups (broad SMARTS) is 1. The van der Waals surface area contributed by atoms with E-state index in [0.29, 0.717) is 6.42 Å². The number of rotatable bonds is 5. The van der Waals surface area contributed by atoms with Crippen LogP contribution in [0.25, 0.3) is 10.8 Å². The standard InChI is InChI=1S/C19H21NO3/c21-18(20-10-3-4-11-20)13-16(19(22)23)12-15-8-5-7-14-6-1-2-9-17(14)15/h1-2,5-9,16H,3-4,10-13H2,(H,22,23)/t16-/m1/s1. The molecule has 0 aliphatic carbocycles. The van der Waals surface area contributed by atoms with Crippen molar-refractivity contribution < 1.29 is 14.7 Å². The summed E-state index contributed by atoms with van der Waals surface area (Å²) in [5, 5.41) is 11.7. The van der Waals surface area contributed by atoms with Crippen LogP contribution in [-0.2, 0) is 16.0 Å². The topological polar surface area (TPSA) is 57.6 Å². The van der Waals surface area contributed by atoms with Crippen molar-refractivity contribution >= 4 is 22.6 Å². The maximum atomic E-state index is 12.3. The number of likely N-dealkylation sites (tertiary alicyclic amines) is 1. The zero-order valence-corrected chi connectivity index (χ0v) is 13.1. The van der Waals surface area contributed by atoms with Crippen molar-refractivity contribution in [3.05, 3.63) is 48.0 Å². The van der Waals surface area contributed by atoms with E-state index in [0.717, 1.165) is 42.3 Å². The molecule has 1 heterocycles. The van der Waals surface area contributed by atoms with Gasteiger partial charge in [0.2, 0.25) is 5.91 Å². The smallest absolute Gasteiger partial charge is 0.307 e. The van der Waals surface area contributed by atoms with Crippen molar-refractivity contribution in [2.24, 2.45) is 5.92 Å². The average molecular weight is 311 g/mol. The van der Waals surface area contributed by atoms with E-state index < -0.39 is 11.9 Å². The maximum absolute atomic E-state index is 12.3. The number of benzene rings is 2. The highest BCUT2D eigenvalue weighted by molar-refractivity contribution is 5.87. The van der Waals surface area contributed by atoms with Crippen molar-refractivity contribution in [2.75, 3.05) is 13.1 Å². The summed E-state index contributed by atoms with van der Waals surface area (Å²) >= 11 is 0. The number of carbonyl (C=O) groups excluding carboxylic acids is 1. The van der Waals surface area contributed by atoms with Crippen molar-refractivity contribution in [3.8, 4) is 0 Å². The highest BCUT2D eigenvalue weighted by Crippen LogP contribution is 2.23. The SMILES string of the molecule is O=C(O)[C@@H](CC(=O)N1CCCC1)Cc1cccc2ccccc12.